The highest BCUT2D eigenvalue weighted by atomic mass is 19.1. The Morgan fingerprint density at radius 3 is 2.64 bits per heavy atom. The Morgan fingerprint density at radius 2 is 2.08 bits per heavy atom. The van der Waals surface area contributed by atoms with Crippen molar-refractivity contribution in [3.63, 3.8) is 0 Å². The maximum absolute atomic E-state index is 14.6. The fourth-order valence-corrected chi connectivity index (χ4v) is 3.47. The molecule has 1 aliphatic heterocycles. The number of aromatic carboxylic acids is 1. The third-order valence-corrected chi connectivity index (χ3v) is 4.93. The van der Waals surface area contributed by atoms with Crippen molar-refractivity contribution in [2.75, 3.05) is 18.0 Å². The molecular formula is C17H17F2N3O3. The van der Waals surface area contributed by atoms with Crippen LogP contribution in [0.5, 0.6) is 0 Å². The number of hydrogen-bond donors (Lipinski definition) is 2. The van der Waals surface area contributed by atoms with Gasteiger partial charge in [-0.05, 0) is 18.6 Å². The fourth-order valence-electron chi connectivity index (χ4n) is 3.47. The van der Waals surface area contributed by atoms with Crippen LogP contribution in [0.15, 0.2) is 23.1 Å². The summed E-state index contributed by atoms with van der Waals surface area (Å²) in [5, 5.41) is 9.17. The van der Waals surface area contributed by atoms with E-state index in [4.69, 9.17) is 5.73 Å². The van der Waals surface area contributed by atoms with Crippen molar-refractivity contribution >= 4 is 22.6 Å². The molecule has 132 valence electrons. The molecule has 3 N–H and O–H groups in total. The minimum Gasteiger partial charge on any atom is -0.477 e. The van der Waals surface area contributed by atoms with Crippen LogP contribution in [0.4, 0.5) is 14.5 Å². The van der Waals surface area contributed by atoms with E-state index in [2.05, 4.69) is 0 Å². The minimum absolute atomic E-state index is 0.0506. The number of carboxylic acids is 1. The predicted molar refractivity (Wildman–Crippen MR) is 88.5 cm³/mol. The molecule has 1 saturated heterocycles. The average Bonchev–Trinajstić information content (AvgIpc) is 3.11. The van der Waals surface area contributed by atoms with Crippen LogP contribution in [0.1, 0.15) is 29.2 Å². The first-order valence-electron chi connectivity index (χ1n) is 8.13. The van der Waals surface area contributed by atoms with Gasteiger partial charge in [-0.15, -0.1) is 0 Å². The molecule has 25 heavy (non-hydrogen) atoms. The van der Waals surface area contributed by atoms with Crippen molar-refractivity contribution in [1.29, 1.82) is 0 Å². The molecule has 1 aliphatic carbocycles. The van der Waals surface area contributed by atoms with E-state index in [0.717, 1.165) is 18.7 Å². The van der Waals surface area contributed by atoms with Crippen molar-refractivity contribution in [3.05, 3.63) is 39.9 Å². The van der Waals surface area contributed by atoms with Crippen molar-refractivity contribution in [3.8, 4) is 0 Å². The highest BCUT2D eigenvalue weighted by Gasteiger charge is 2.40. The van der Waals surface area contributed by atoms with Gasteiger partial charge in [-0.1, -0.05) is 0 Å². The standard InChI is InChI=1S/C17H17F2N3O3/c18-11-3-9-13(5-14(11)21-2-1-8(20)6-21)22(15-4-12(15)19)7-10(16(9)23)17(24)25/h3,5,7-8,12,15H,1-2,4,6,20H2,(H,24,25). The molecule has 1 aromatic heterocycles. The van der Waals surface area contributed by atoms with Crippen molar-refractivity contribution in [2.24, 2.45) is 5.73 Å². The third-order valence-electron chi connectivity index (χ3n) is 4.93. The number of hydrogen-bond acceptors (Lipinski definition) is 4. The van der Waals surface area contributed by atoms with Crippen LogP contribution in [-0.2, 0) is 0 Å². The van der Waals surface area contributed by atoms with Gasteiger partial charge < -0.3 is 20.3 Å². The van der Waals surface area contributed by atoms with Crippen LogP contribution in [0, 0.1) is 5.82 Å². The van der Waals surface area contributed by atoms with Gasteiger partial charge in [0.25, 0.3) is 0 Å². The molecule has 1 aromatic carbocycles. The van der Waals surface area contributed by atoms with Gasteiger partial charge in [0.1, 0.15) is 17.6 Å². The van der Waals surface area contributed by atoms with Gasteiger partial charge >= 0.3 is 5.97 Å². The van der Waals surface area contributed by atoms with E-state index in [-0.39, 0.29) is 17.8 Å². The van der Waals surface area contributed by atoms with Crippen LogP contribution < -0.4 is 16.1 Å². The lowest BCUT2D eigenvalue weighted by atomic mass is 10.1. The number of halogens is 2. The Kier molecular flexibility index (Phi) is 3.54. The summed E-state index contributed by atoms with van der Waals surface area (Å²) in [6.45, 7) is 1.09. The minimum atomic E-state index is -1.41. The van der Waals surface area contributed by atoms with Gasteiger partial charge in [0.2, 0.25) is 5.43 Å². The summed E-state index contributed by atoms with van der Waals surface area (Å²) in [5.41, 5.74) is 5.27. The third kappa shape index (κ3) is 2.57. The Balaban J connectivity index is 1.95. The molecule has 4 rings (SSSR count). The predicted octanol–water partition coefficient (Wildman–Crippen LogP) is 1.66. The Labute approximate surface area is 141 Å². The zero-order chi connectivity index (χ0) is 17.9. The van der Waals surface area contributed by atoms with E-state index in [1.54, 1.807) is 4.90 Å². The van der Waals surface area contributed by atoms with Crippen molar-refractivity contribution < 1.29 is 18.7 Å². The molecule has 2 aromatic rings. The first kappa shape index (κ1) is 16.0. The molecule has 3 atom stereocenters. The van der Waals surface area contributed by atoms with E-state index < -0.39 is 35.0 Å². The lowest BCUT2D eigenvalue weighted by Gasteiger charge is -2.21. The quantitative estimate of drug-likeness (QED) is 0.880. The normalized spacial score (nSPS) is 25.6. The number of nitrogens with two attached hydrogens (primary N) is 1. The second-order valence-electron chi connectivity index (χ2n) is 6.72. The van der Waals surface area contributed by atoms with E-state index in [9.17, 15) is 23.5 Å². The van der Waals surface area contributed by atoms with Crippen LogP contribution >= 0.6 is 0 Å². The van der Waals surface area contributed by atoms with Crippen molar-refractivity contribution in [2.45, 2.75) is 31.1 Å². The lowest BCUT2D eigenvalue weighted by molar-refractivity contribution is 0.0694. The fraction of sp³-hybridized carbons (Fsp3) is 0.412. The number of aromatic nitrogens is 1. The maximum Gasteiger partial charge on any atom is 0.341 e. The molecule has 0 radical (unpaired) electrons. The van der Waals surface area contributed by atoms with Gasteiger partial charge in [0.15, 0.2) is 0 Å². The zero-order valence-corrected chi connectivity index (χ0v) is 13.3. The van der Waals surface area contributed by atoms with Crippen LogP contribution in [0.3, 0.4) is 0 Å². The molecule has 3 unspecified atom stereocenters. The van der Waals surface area contributed by atoms with Crippen LogP contribution in [0.25, 0.3) is 10.9 Å². The SMILES string of the molecule is NC1CCN(c2cc3c(cc2F)c(=O)c(C(=O)O)cn3C2CC2F)C1. The first-order chi connectivity index (χ1) is 11.9. The second-order valence-corrected chi connectivity index (χ2v) is 6.72. The number of alkyl halides is 1. The molecular weight excluding hydrogens is 332 g/mol. The largest absolute Gasteiger partial charge is 0.477 e. The summed E-state index contributed by atoms with van der Waals surface area (Å²) in [6, 6.07) is 1.97. The monoisotopic (exact) mass is 349 g/mol. The number of nitrogens with zero attached hydrogens (tertiary/aromatic N) is 2. The number of carbonyl (C=O) groups is 1. The molecule has 2 heterocycles. The number of carboxylic acid groups (broad SMARTS) is 1. The molecule has 0 amide bonds. The smallest absolute Gasteiger partial charge is 0.341 e. The summed E-state index contributed by atoms with van der Waals surface area (Å²) in [4.78, 5) is 25.5. The van der Waals surface area contributed by atoms with E-state index >= 15 is 0 Å². The highest BCUT2D eigenvalue weighted by molar-refractivity contribution is 5.93. The number of rotatable bonds is 3. The lowest BCUT2D eigenvalue weighted by Crippen LogP contribution is -2.27. The molecule has 2 fully saturated rings. The average molecular weight is 349 g/mol. The number of anilines is 1. The first-order valence-corrected chi connectivity index (χ1v) is 8.13. The second kappa shape index (κ2) is 5.52. The molecule has 0 bridgehead atoms. The molecule has 6 nitrogen and oxygen atoms in total. The highest BCUT2D eigenvalue weighted by Crippen LogP contribution is 2.41. The van der Waals surface area contributed by atoms with Gasteiger partial charge in [-0.2, -0.15) is 0 Å². The Morgan fingerprint density at radius 1 is 1.36 bits per heavy atom. The Bertz CT molecular complexity index is 943. The van der Waals surface area contributed by atoms with Gasteiger partial charge in [-0.3, -0.25) is 4.79 Å². The Hall–Kier alpha value is -2.48. The summed E-state index contributed by atoms with van der Waals surface area (Å²) < 4.78 is 29.6. The summed E-state index contributed by atoms with van der Waals surface area (Å²) in [5.74, 6) is -2.02. The number of benzene rings is 1. The molecule has 2 aliphatic rings. The van der Waals surface area contributed by atoms with E-state index in [1.165, 1.54) is 10.6 Å². The molecule has 8 heteroatoms. The summed E-state index contributed by atoms with van der Waals surface area (Å²) in [7, 11) is 0. The van der Waals surface area contributed by atoms with Crippen LogP contribution in [0.2, 0.25) is 0 Å². The van der Waals surface area contributed by atoms with E-state index in [1.807, 2.05) is 0 Å². The zero-order valence-electron chi connectivity index (χ0n) is 13.3. The number of fused-ring (bicyclic) bond motifs is 1. The van der Waals surface area contributed by atoms with Gasteiger partial charge in [0.05, 0.1) is 17.2 Å². The summed E-state index contributed by atoms with van der Waals surface area (Å²) >= 11 is 0. The maximum atomic E-state index is 14.6. The van der Waals surface area contributed by atoms with Gasteiger partial charge in [-0.25, -0.2) is 13.6 Å². The summed E-state index contributed by atoms with van der Waals surface area (Å²) in [6.07, 6.45) is 1.05. The van der Waals surface area contributed by atoms with Crippen LogP contribution in [-0.4, -0.2) is 40.9 Å². The van der Waals surface area contributed by atoms with E-state index in [0.29, 0.717) is 24.3 Å². The topological polar surface area (TPSA) is 88.6 Å². The van der Waals surface area contributed by atoms with Crippen molar-refractivity contribution in [1.82, 2.24) is 4.57 Å². The number of pyridine rings is 1. The molecule has 0 spiro atoms. The van der Waals surface area contributed by atoms with Gasteiger partial charge in [0, 0.05) is 37.1 Å². The molecule has 1 saturated carbocycles.